The molecule has 1 aliphatic rings. The number of fused-ring (bicyclic) bond motifs is 1. The van der Waals surface area contributed by atoms with E-state index in [9.17, 15) is 4.79 Å². The van der Waals surface area contributed by atoms with Gasteiger partial charge >= 0.3 is 0 Å². The largest absolute Gasteiger partial charge is 0.347 e. The van der Waals surface area contributed by atoms with Crippen LogP contribution in [0.2, 0.25) is 0 Å². The highest BCUT2D eigenvalue weighted by atomic mass is 16.2. The van der Waals surface area contributed by atoms with Crippen molar-refractivity contribution < 1.29 is 4.79 Å². The van der Waals surface area contributed by atoms with Gasteiger partial charge in [-0.2, -0.15) is 5.26 Å². The number of piperidine rings is 1. The van der Waals surface area contributed by atoms with Gasteiger partial charge in [0.15, 0.2) is 0 Å². The maximum Gasteiger partial charge on any atom is 0.236 e. The Morgan fingerprint density at radius 3 is 3.15 bits per heavy atom. The maximum atomic E-state index is 12.2. The number of aromatic amines is 1. The van der Waals surface area contributed by atoms with Crippen LogP contribution in [0.25, 0.3) is 11.0 Å². The number of rotatable bonds is 5. The average Bonchev–Trinajstić information content (AvgIpc) is 3.13. The zero-order valence-corrected chi connectivity index (χ0v) is 15.2. The van der Waals surface area contributed by atoms with Crippen molar-refractivity contribution in [1.29, 1.82) is 5.26 Å². The second-order valence-electron chi connectivity index (χ2n) is 6.67. The highest BCUT2D eigenvalue weighted by Gasteiger charge is 2.33. The van der Waals surface area contributed by atoms with E-state index in [0.29, 0.717) is 25.6 Å². The SMILES string of the molecule is C/C=C/CN(c1ncnc2[nH]ccc12)[C@H]1CN(C(=O)CC#N)CC[C@H]1C. The summed E-state index contributed by atoms with van der Waals surface area (Å²) < 4.78 is 0. The molecule has 1 aliphatic heterocycles. The van der Waals surface area contributed by atoms with Crippen LogP contribution in [0, 0.1) is 17.2 Å². The second-order valence-corrected chi connectivity index (χ2v) is 6.67. The van der Waals surface area contributed by atoms with E-state index in [0.717, 1.165) is 23.3 Å². The zero-order valence-electron chi connectivity index (χ0n) is 15.2. The lowest BCUT2D eigenvalue weighted by Crippen LogP contribution is -2.54. The second kappa shape index (κ2) is 8.00. The molecule has 2 aromatic heterocycles. The Hall–Kier alpha value is -2.88. The van der Waals surface area contributed by atoms with Crippen molar-refractivity contribution in [2.24, 2.45) is 5.92 Å². The molecule has 1 saturated heterocycles. The average molecular weight is 352 g/mol. The smallest absolute Gasteiger partial charge is 0.236 e. The van der Waals surface area contributed by atoms with E-state index in [1.807, 2.05) is 36.2 Å². The third-order valence-electron chi connectivity index (χ3n) is 5.04. The van der Waals surface area contributed by atoms with Crippen LogP contribution in [0.5, 0.6) is 0 Å². The summed E-state index contributed by atoms with van der Waals surface area (Å²) in [7, 11) is 0. The minimum absolute atomic E-state index is 0.0640. The van der Waals surface area contributed by atoms with E-state index in [1.54, 1.807) is 6.33 Å². The first kappa shape index (κ1) is 17.9. The van der Waals surface area contributed by atoms with Gasteiger partial charge in [-0.05, 0) is 25.3 Å². The minimum Gasteiger partial charge on any atom is -0.347 e. The number of anilines is 1. The molecule has 1 N–H and O–H groups in total. The molecule has 3 heterocycles. The van der Waals surface area contributed by atoms with E-state index in [-0.39, 0.29) is 18.4 Å². The van der Waals surface area contributed by atoms with Crippen LogP contribution in [-0.2, 0) is 4.79 Å². The standard InChI is InChI=1S/C19H24N6O/c1-3-4-10-25(19-15-6-9-21-18(15)22-13-23-19)16-12-24(11-7-14(16)2)17(26)5-8-20/h3-4,6,9,13-14,16H,5,7,10-12H2,1-2H3,(H,21,22,23)/b4-3+/t14-,16+/m1/s1. The van der Waals surface area contributed by atoms with Gasteiger partial charge in [0.1, 0.15) is 24.2 Å². The van der Waals surface area contributed by atoms with Gasteiger partial charge < -0.3 is 14.8 Å². The number of hydrogen-bond acceptors (Lipinski definition) is 5. The Morgan fingerprint density at radius 1 is 1.54 bits per heavy atom. The van der Waals surface area contributed by atoms with Crippen molar-refractivity contribution in [2.75, 3.05) is 24.5 Å². The molecule has 1 fully saturated rings. The molecule has 0 spiro atoms. The van der Waals surface area contributed by atoms with Crippen molar-refractivity contribution >= 4 is 22.8 Å². The van der Waals surface area contributed by atoms with Crippen LogP contribution in [0.4, 0.5) is 5.82 Å². The number of nitrogens with one attached hydrogen (secondary N) is 1. The van der Waals surface area contributed by atoms with Crippen LogP contribution in [0.1, 0.15) is 26.7 Å². The third kappa shape index (κ3) is 3.54. The molecule has 0 unspecified atom stereocenters. The molecule has 0 bridgehead atoms. The van der Waals surface area contributed by atoms with Crippen molar-refractivity contribution in [3.8, 4) is 6.07 Å². The number of carbonyl (C=O) groups is 1. The van der Waals surface area contributed by atoms with Gasteiger partial charge in [-0.25, -0.2) is 9.97 Å². The molecule has 2 aromatic rings. The monoisotopic (exact) mass is 352 g/mol. The van der Waals surface area contributed by atoms with Gasteiger partial charge in [0.25, 0.3) is 0 Å². The third-order valence-corrected chi connectivity index (χ3v) is 5.04. The van der Waals surface area contributed by atoms with Gasteiger partial charge in [0.2, 0.25) is 5.91 Å². The summed E-state index contributed by atoms with van der Waals surface area (Å²) in [4.78, 5) is 28.3. The summed E-state index contributed by atoms with van der Waals surface area (Å²) in [5.41, 5.74) is 0.807. The van der Waals surface area contributed by atoms with Gasteiger partial charge in [-0.15, -0.1) is 0 Å². The molecule has 0 aromatic carbocycles. The van der Waals surface area contributed by atoms with E-state index in [2.05, 4.69) is 32.9 Å². The van der Waals surface area contributed by atoms with Crippen LogP contribution in [0.3, 0.4) is 0 Å². The number of likely N-dealkylation sites (tertiary alicyclic amines) is 1. The molecule has 0 aliphatic carbocycles. The fourth-order valence-electron chi connectivity index (χ4n) is 3.55. The highest BCUT2D eigenvalue weighted by Crippen LogP contribution is 2.30. The van der Waals surface area contributed by atoms with Crippen molar-refractivity contribution in [1.82, 2.24) is 19.9 Å². The number of carbonyl (C=O) groups excluding carboxylic acids is 1. The molecule has 1 amide bonds. The Bertz CT molecular complexity index is 836. The lowest BCUT2D eigenvalue weighted by Gasteiger charge is -2.43. The summed E-state index contributed by atoms with van der Waals surface area (Å²) >= 11 is 0. The van der Waals surface area contributed by atoms with Crippen molar-refractivity contribution in [3.05, 3.63) is 30.7 Å². The van der Waals surface area contributed by atoms with Gasteiger partial charge in [0.05, 0.1) is 17.5 Å². The Kier molecular flexibility index (Phi) is 5.52. The Labute approximate surface area is 153 Å². The van der Waals surface area contributed by atoms with Crippen LogP contribution in [0.15, 0.2) is 30.7 Å². The van der Waals surface area contributed by atoms with E-state index < -0.39 is 0 Å². The summed E-state index contributed by atoms with van der Waals surface area (Å²) in [6.07, 6.45) is 8.41. The minimum atomic E-state index is -0.0927. The molecular weight excluding hydrogens is 328 g/mol. The Balaban J connectivity index is 1.94. The molecule has 26 heavy (non-hydrogen) atoms. The quantitative estimate of drug-likeness (QED) is 0.835. The number of amides is 1. The Morgan fingerprint density at radius 2 is 2.38 bits per heavy atom. The van der Waals surface area contributed by atoms with Gasteiger partial charge in [0, 0.05) is 25.8 Å². The first-order valence-electron chi connectivity index (χ1n) is 8.96. The fraction of sp³-hybridized carbons (Fsp3) is 0.474. The molecule has 7 nitrogen and oxygen atoms in total. The fourth-order valence-corrected chi connectivity index (χ4v) is 3.55. The zero-order chi connectivity index (χ0) is 18.5. The van der Waals surface area contributed by atoms with Gasteiger partial charge in [-0.3, -0.25) is 4.79 Å². The van der Waals surface area contributed by atoms with E-state index in [4.69, 9.17) is 5.26 Å². The number of nitrogens with zero attached hydrogens (tertiary/aromatic N) is 5. The van der Waals surface area contributed by atoms with Crippen molar-refractivity contribution in [3.63, 3.8) is 0 Å². The number of H-pyrrole nitrogens is 1. The first-order valence-corrected chi connectivity index (χ1v) is 8.96. The van der Waals surface area contributed by atoms with Crippen molar-refractivity contribution in [2.45, 2.75) is 32.7 Å². The highest BCUT2D eigenvalue weighted by molar-refractivity contribution is 5.87. The van der Waals surface area contributed by atoms with Crippen LogP contribution in [-0.4, -0.2) is 51.4 Å². The molecular formula is C19H24N6O. The number of allylic oxidation sites excluding steroid dienone is 1. The summed E-state index contributed by atoms with van der Waals surface area (Å²) in [6.45, 7) is 6.24. The predicted molar refractivity (Wildman–Crippen MR) is 100 cm³/mol. The van der Waals surface area contributed by atoms with Crippen LogP contribution >= 0.6 is 0 Å². The van der Waals surface area contributed by atoms with E-state index >= 15 is 0 Å². The molecule has 7 heteroatoms. The maximum absolute atomic E-state index is 12.2. The summed E-state index contributed by atoms with van der Waals surface area (Å²) in [5, 5.41) is 9.82. The molecule has 136 valence electrons. The normalized spacial score (nSPS) is 20.4. The predicted octanol–water partition coefficient (Wildman–Crippen LogP) is 2.49. The number of nitriles is 1. The van der Waals surface area contributed by atoms with E-state index in [1.165, 1.54) is 0 Å². The summed E-state index contributed by atoms with van der Waals surface area (Å²) in [6, 6.07) is 4.09. The molecule has 0 saturated carbocycles. The summed E-state index contributed by atoms with van der Waals surface area (Å²) in [5.74, 6) is 1.20. The molecule has 3 rings (SSSR count). The number of hydrogen-bond donors (Lipinski definition) is 1. The first-order chi connectivity index (χ1) is 12.7. The lowest BCUT2D eigenvalue weighted by molar-refractivity contribution is -0.131. The van der Waals surface area contributed by atoms with Crippen LogP contribution < -0.4 is 4.90 Å². The molecule has 0 radical (unpaired) electrons. The number of aromatic nitrogens is 3. The lowest BCUT2D eigenvalue weighted by atomic mass is 9.91. The van der Waals surface area contributed by atoms with Gasteiger partial charge in [-0.1, -0.05) is 19.1 Å². The topological polar surface area (TPSA) is 88.9 Å². The molecule has 2 atom stereocenters.